The van der Waals surface area contributed by atoms with Gasteiger partial charge in [0.15, 0.2) is 0 Å². The lowest BCUT2D eigenvalue weighted by atomic mass is 10.1. The molecule has 0 aliphatic carbocycles. The van der Waals surface area contributed by atoms with E-state index in [1.807, 2.05) is 36.4 Å². The van der Waals surface area contributed by atoms with E-state index in [1.54, 1.807) is 12.4 Å². The first-order valence-corrected chi connectivity index (χ1v) is 11.6. The first-order valence-electron chi connectivity index (χ1n) is 11.6. The molecule has 1 aliphatic heterocycles. The van der Waals surface area contributed by atoms with Gasteiger partial charge in [0.1, 0.15) is 31.1 Å². The fraction of sp³-hybridized carbons (Fsp3) is 0.296. The average Bonchev–Trinajstić information content (AvgIpc) is 3.30. The summed E-state index contributed by atoms with van der Waals surface area (Å²) in [6.07, 6.45) is 3.54. The molecule has 34 heavy (non-hydrogen) atoms. The van der Waals surface area contributed by atoms with Crippen LogP contribution in [0.15, 0.2) is 67.0 Å². The number of fused-ring (bicyclic) bond motifs is 1. The van der Waals surface area contributed by atoms with Gasteiger partial charge in [0, 0.05) is 31.5 Å². The van der Waals surface area contributed by atoms with Crippen LogP contribution in [0.3, 0.4) is 0 Å². The standard InChI is InChI=1S/C27H30N5O2/c1-21-3-5-23(6-4-21)32(15-13-31(2)14-16-32)27-25-8-7-24(19-26(25)29-30-27)34-18-17-33-20-22-9-11-28-12-10-22/h1,3-12,19H,13-18,20H2,2H3,(H,29,30)/q+1. The summed E-state index contributed by atoms with van der Waals surface area (Å²) in [6, 6.07) is 18.3. The lowest BCUT2D eigenvalue weighted by Crippen LogP contribution is -2.57. The molecule has 1 fully saturated rings. The predicted octanol–water partition coefficient (Wildman–Crippen LogP) is 4.20. The maximum Gasteiger partial charge on any atom is 0.259 e. The summed E-state index contributed by atoms with van der Waals surface area (Å²) in [6.45, 7) is 11.4. The van der Waals surface area contributed by atoms with Crippen molar-refractivity contribution in [2.24, 2.45) is 0 Å². The fourth-order valence-corrected chi connectivity index (χ4v) is 4.55. The maximum absolute atomic E-state index is 5.97. The summed E-state index contributed by atoms with van der Waals surface area (Å²) in [5, 5.41) is 9.17. The van der Waals surface area contributed by atoms with Gasteiger partial charge >= 0.3 is 0 Å². The molecule has 5 rings (SSSR count). The zero-order valence-electron chi connectivity index (χ0n) is 19.5. The van der Waals surface area contributed by atoms with E-state index in [0.717, 1.165) is 59.8 Å². The van der Waals surface area contributed by atoms with Crippen molar-refractivity contribution >= 4 is 22.4 Å². The van der Waals surface area contributed by atoms with Crippen LogP contribution in [-0.2, 0) is 11.3 Å². The molecule has 0 amide bonds. The van der Waals surface area contributed by atoms with Crippen LogP contribution in [0.1, 0.15) is 11.1 Å². The van der Waals surface area contributed by atoms with Gasteiger partial charge in [0.05, 0.1) is 24.1 Å². The molecule has 0 unspecified atom stereocenters. The molecule has 1 aliphatic rings. The van der Waals surface area contributed by atoms with E-state index in [2.05, 4.69) is 40.2 Å². The number of pyridine rings is 1. The summed E-state index contributed by atoms with van der Waals surface area (Å²) in [7, 11) is 2.17. The van der Waals surface area contributed by atoms with Gasteiger partial charge in [-0.05, 0) is 61.5 Å². The smallest absolute Gasteiger partial charge is 0.259 e. The van der Waals surface area contributed by atoms with Crippen molar-refractivity contribution < 1.29 is 9.47 Å². The molecule has 1 N–H and O–H groups in total. The molecule has 0 saturated carbocycles. The molecule has 2 aromatic carbocycles. The van der Waals surface area contributed by atoms with Gasteiger partial charge in [-0.25, -0.2) is 4.48 Å². The summed E-state index contributed by atoms with van der Waals surface area (Å²) >= 11 is 0. The summed E-state index contributed by atoms with van der Waals surface area (Å²) in [4.78, 5) is 6.38. The van der Waals surface area contributed by atoms with Crippen LogP contribution >= 0.6 is 0 Å². The molecule has 0 atom stereocenters. The van der Waals surface area contributed by atoms with E-state index in [0.29, 0.717) is 24.3 Å². The lowest BCUT2D eigenvalue weighted by molar-refractivity contribution is 0.0889. The number of piperazine rings is 1. The molecule has 2 radical (unpaired) electrons. The Hall–Kier alpha value is -3.26. The number of hydrogen-bond donors (Lipinski definition) is 1. The molecule has 7 nitrogen and oxygen atoms in total. The minimum Gasteiger partial charge on any atom is -0.491 e. The molecule has 174 valence electrons. The Morgan fingerprint density at radius 2 is 1.76 bits per heavy atom. The highest BCUT2D eigenvalue weighted by atomic mass is 16.5. The van der Waals surface area contributed by atoms with Crippen molar-refractivity contribution in [1.29, 1.82) is 0 Å². The number of aromatic nitrogens is 3. The third kappa shape index (κ3) is 4.68. The minimum absolute atomic E-state index is 0.482. The normalized spacial score (nSPS) is 16.1. The molecule has 4 aromatic rings. The van der Waals surface area contributed by atoms with Gasteiger partial charge in [-0.1, -0.05) is 12.1 Å². The number of nitrogens with zero attached hydrogens (tertiary/aromatic N) is 4. The molecular weight excluding hydrogens is 426 g/mol. The predicted molar refractivity (Wildman–Crippen MR) is 134 cm³/mol. The highest BCUT2D eigenvalue weighted by Gasteiger charge is 2.40. The molecule has 7 heteroatoms. The fourth-order valence-electron chi connectivity index (χ4n) is 4.55. The zero-order valence-corrected chi connectivity index (χ0v) is 19.5. The van der Waals surface area contributed by atoms with Crippen LogP contribution in [0.25, 0.3) is 10.9 Å². The van der Waals surface area contributed by atoms with E-state index in [4.69, 9.17) is 21.5 Å². The minimum atomic E-state index is 0.482. The monoisotopic (exact) mass is 456 g/mol. The third-order valence-electron chi connectivity index (χ3n) is 6.55. The summed E-state index contributed by atoms with van der Waals surface area (Å²) < 4.78 is 12.3. The number of ether oxygens (including phenoxy) is 2. The highest BCUT2D eigenvalue weighted by molar-refractivity contribution is 5.91. The number of hydrogen-bond acceptors (Lipinski definition) is 5. The van der Waals surface area contributed by atoms with Gasteiger partial charge < -0.3 is 9.47 Å². The number of likely N-dealkylation sites (N-methyl/N-ethyl adjacent to an activating group) is 1. The Morgan fingerprint density at radius 1 is 1.00 bits per heavy atom. The van der Waals surface area contributed by atoms with Crippen molar-refractivity contribution in [3.8, 4) is 5.75 Å². The van der Waals surface area contributed by atoms with Gasteiger partial charge in [-0.15, -0.1) is 5.10 Å². The van der Waals surface area contributed by atoms with E-state index in [-0.39, 0.29) is 0 Å². The Morgan fingerprint density at radius 3 is 2.53 bits per heavy atom. The van der Waals surface area contributed by atoms with Gasteiger partial charge in [0.2, 0.25) is 0 Å². The lowest BCUT2D eigenvalue weighted by Gasteiger charge is -2.41. The van der Waals surface area contributed by atoms with E-state index in [9.17, 15) is 0 Å². The quantitative estimate of drug-likeness (QED) is 0.318. The highest BCUT2D eigenvalue weighted by Crippen LogP contribution is 2.39. The SMILES string of the molecule is [CH]c1ccc([N+]2(c3n[nH]c4cc(OCCOCc5ccncc5)ccc34)CCN(C)CC2)cc1. The Labute approximate surface area is 200 Å². The molecule has 2 aromatic heterocycles. The van der Waals surface area contributed by atoms with Crippen molar-refractivity contribution in [2.45, 2.75) is 6.61 Å². The zero-order chi connectivity index (χ0) is 23.4. The summed E-state index contributed by atoms with van der Waals surface area (Å²) in [5.74, 6) is 1.84. The van der Waals surface area contributed by atoms with E-state index >= 15 is 0 Å². The largest absolute Gasteiger partial charge is 0.491 e. The first kappa shape index (κ1) is 22.5. The van der Waals surface area contributed by atoms with Crippen LogP contribution in [0.5, 0.6) is 5.75 Å². The van der Waals surface area contributed by atoms with Crippen LogP contribution in [0, 0.1) is 6.92 Å². The van der Waals surface area contributed by atoms with Crippen molar-refractivity contribution in [3.63, 3.8) is 0 Å². The molecule has 1 saturated heterocycles. The summed E-state index contributed by atoms with van der Waals surface area (Å²) in [5.41, 5.74) is 4.05. The maximum atomic E-state index is 5.97. The van der Waals surface area contributed by atoms with Crippen LogP contribution in [-0.4, -0.2) is 66.5 Å². The number of rotatable bonds is 8. The van der Waals surface area contributed by atoms with Crippen molar-refractivity contribution in [1.82, 2.24) is 24.6 Å². The number of H-pyrrole nitrogens is 1. The molecule has 0 spiro atoms. The van der Waals surface area contributed by atoms with E-state index < -0.39 is 0 Å². The Kier molecular flexibility index (Phi) is 6.58. The first-order chi connectivity index (χ1) is 16.6. The number of benzene rings is 2. The van der Waals surface area contributed by atoms with Gasteiger partial charge in [-0.3, -0.25) is 15.0 Å². The Balaban J connectivity index is 1.31. The van der Waals surface area contributed by atoms with Crippen LogP contribution < -0.4 is 9.22 Å². The number of nitrogens with one attached hydrogen (secondary N) is 1. The third-order valence-corrected chi connectivity index (χ3v) is 6.55. The van der Waals surface area contributed by atoms with Crippen molar-refractivity contribution in [3.05, 3.63) is 85.0 Å². The number of aromatic amines is 1. The second kappa shape index (κ2) is 9.93. The van der Waals surface area contributed by atoms with Crippen molar-refractivity contribution in [2.75, 3.05) is 46.4 Å². The second-order valence-corrected chi connectivity index (χ2v) is 8.82. The average molecular weight is 457 g/mol. The van der Waals surface area contributed by atoms with E-state index in [1.165, 1.54) is 5.69 Å². The van der Waals surface area contributed by atoms with Crippen LogP contribution in [0.2, 0.25) is 0 Å². The van der Waals surface area contributed by atoms with Gasteiger partial charge in [0.25, 0.3) is 5.82 Å². The topological polar surface area (TPSA) is 63.3 Å². The molecular formula is C27H30N5O2+. The number of quaternary nitrogens is 1. The molecule has 0 bridgehead atoms. The second-order valence-electron chi connectivity index (χ2n) is 8.82. The Bertz CT molecular complexity index is 1220. The molecule has 3 heterocycles. The van der Waals surface area contributed by atoms with Gasteiger partial charge in [-0.2, -0.15) is 0 Å². The van der Waals surface area contributed by atoms with Crippen LogP contribution in [0.4, 0.5) is 11.5 Å².